The number of aliphatic hydroxyl groups is 1. The van der Waals surface area contributed by atoms with Crippen molar-refractivity contribution in [3.63, 3.8) is 0 Å². The third-order valence-electron chi connectivity index (χ3n) is 5.45. The second kappa shape index (κ2) is 10.6. The van der Waals surface area contributed by atoms with E-state index in [-0.39, 0.29) is 11.5 Å². The maximum Gasteiger partial charge on any atom is 0.0596 e. The first-order chi connectivity index (χ1) is 10.1. The van der Waals surface area contributed by atoms with Crippen LogP contribution in [0.1, 0.15) is 111 Å². The van der Waals surface area contributed by atoms with Gasteiger partial charge in [0.15, 0.2) is 0 Å². The molecule has 0 heterocycles. The van der Waals surface area contributed by atoms with Crippen molar-refractivity contribution in [1.82, 2.24) is 0 Å². The lowest BCUT2D eigenvalue weighted by Gasteiger charge is -2.36. The molecule has 0 aromatic heterocycles. The van der Waals surface area contributed by atoms with Gasteiger partial charge >= 0.3 is 0 Å². The van der Waals surface area contributed by atoms with Crippen LogP contribution in [0.25, 0.3) is 0 Å². The second-order valence-electron chi connectivity index (χ2n) is 7.95. The zero-order chi connectivity index (χ0) is 15.6. The molecule has 1 heteroatoms. The molecular formula is C20H40O. The number of hydrogen-bond donors (Lipinski definition) is 1. The summed E-state index contributed by atoms with van der Waals surface area (Å²) >= 11 is 0. The van der Waals surface area contributed by atoms with Crippen molar-refractivity contribution in [3.05, 3.63) is 0 Å². The fraction of sp³-hybridized carbons (Fsp3) is 1.00. The standard InChI is InChI=1S/C20H40O/c1-4-5-6-7-8-9-10-11-14-19(21)20(17-18(2)3)15-12-13-16-20/h18-19,21H,4-17H2,1-3H3. The monoisotopic (exact) mass is 296 g/mol. The lowest BCUT2D eigenvalue weighted by atomic mass is 9.72. The van der Waals surface area contributed by atoms with E-state index in [1.54, 1.807) is 0 Å². The summed E-state index contributed by atoms with van der Waals surface area (Å²) in [6, 6.07) is 0. The highest BCUT2D eigenvalue weighted by Crippen LogP contribution is 2.47. The van der Waals surface area contributed by atoms with Gasteiger partial charge in [-0.15, -0.1) is 0 Å². The van der Waals surface area contributed by atoms with E-state index in [0.29, 0.717) is 0 Å². The topological polar surface area (TPSA) is 20.2 Å². The van der Waals surface area contributed by atoms with Gasteiger partial charge in [-0.2, -0.15) is 0 Å². The van der Waals surface area contributed by atoms with E-state index in [1.807, 2.05) is 0 Å². The third-order valence-corrected chi connectivity index (χ3v) is 5.45. The van der Waals surface area contributed by atoms with Crippen LogP contribution in [-0.4, -0.2) is 11.2 Å². The molecule has 1 aliphatic rings. The number of hydrogen-bond acceptors (Lipinski definition) is 1. The van der Waals surface area contributed by atoms with Crippen molar-refractivity contribution in [2.24, 2.45) is 11.3 Å². The molecule has 1 rings (SSSR count). The van der Waals surface area contributed by atoms with Gasteiger partial charge in [-0.05, 0) is 37.0 Å². The average molecular weight is 297 g/mol. The summed E-state index contributed by atoms with van der Waals surface area (Å²) in [5.41, 5.74) is 0.273. The van der Waals surface area contributed by atoms with Crippen molar-refractivity contribution in [3.8, 4) is 0 Å². The first-order valence-electron chi connectivity index (χ1n) is 9.79. The quantitative estimate of drug-likeness (QED) is 0.408. The lowest BCUT2D eigenvalue weighted by molar-refractivity contribution is 0.00539. The van der Waals surface area contributed by atoms with Crippen LogP contribution < -0.4 is 0 Å². The highest BCUT2D eigenvalue weighted by atomic mass is 16.3. The van der Waals surface area contributed by atoms with Gasteiger partial charge in [0.25, 0.3) is 0 Å². The zero-order valence-electron chi connectivity index (χ0n) is 15.0. The van der Waals surface area contributed by atoms with E-state index in [2.05, 4.69) is 20.8 Å². The summed E-state index contributed by atoms with van der Waals surface area (Å²) in [5.74, 6) is 0.719. The second-order valence-corrected chi connectivity index (χ2v) is 7.95. The third kappa shape index (κ3) is 7.17. The van der Waals surface area contributed by atoms with E-state index in [0.717, 1.165) is 12.3 Å². The van der Waals surface area contributed by atoms with Crippen LogP contribution in [0.5, 0.6) is 0 Å². The molecule has 1 saturated carbocycles. The maximum atomic E-state index is 10.7. The fourth-order valence-electron chi connectivity index (χ4n) is 4.34. The van der Waals surface area contributed by atoms with Gasteiger partial charge in [-0.1, -0.05) is 85.0 Å². The highest BCUT2D eigenvalue weighted by molar-refractivity contribution is 4.91. The van der Waals surface area contributed by atoms with Gasteiger partial charge in [-0.25, -0.2) is 0 Å². The largest absolute Gasteiger partial charge is 0.393 e. The van der Waals surface area contributed by atoms with Gasteiger partial charge in [0, 0.05) is 0 Å². The van der Waals surface area contributed by atoms with E-state index in [4.69, 9.17) is 0 Å². The summed E-state index contributed by atoms with van der Waals surface area (Å²) in [4.78, 5) is 0. The van der Waals surface area contributed by atoms with E-state index in [1.165, 1.54) is 83.5 Å². The molecule has 0 spiro atoms. The van der Waals surface area contributed by atoms with Crippen LogP contribution in [-0.2, 0) is 0 Å². The SMILES string of the molecule is CCCCCCCCCCC(O)C1(CC(C)C)CCCC1. The van der Waals surface area contributed by atoms with Gasteiger partial charge < -0.3 is 5.11 Å². The molecule has 1 fully saturated rings. The van der Waals surface area contributed by atoms with Crippen molar-refractivity contribution in [2.45, 2.75) is 117 Å². The van der Waals surface area contributed by atoms with Crippen LogP contribution >= 0.6 is 0 Å². The van der Waals surface area contributed by atoms with Crippen LogP contribution in [0.15, 0.2) is 0 Å². The normalized spacial score (nSPS) is 19.3. The number of aliphatic hydroxyl groups excluding tert-OH is 1. The first kappa shape index (κ1) is 19.0. The van der Waals surface area contributed by atoms with Crippen LogP contribution in [0.4, 0.5) is 0 Å². The lowest BCUT2D eigenvalue weighted by Crippen LogP contribution is -2.34. The smallest absolute Gasteiger partial charge is 0.0596 e. The summed E-state index contributed by atoms with van der Waals surface area (Å²) < 4.78 is 0. The summed E-state index contributed by atoms with van der Waals surface area (Å²) in [7, 11) is 0. The van der Waals surface area contributed by atoms with Crippen LogP contribution in [0, 0.1) is 11.3 Å². The fourth-order valence-corrected chi connectivity index (χ4v) is 4.34. The van der Waals surface area contributed by atoms with E-state index < -0.39 is 0 Å². The molecule has 1 aliphatic carbocycles. The molecule has 1 atom stereocenters. The van der Waals surface area contributed by atoms with Crippen LogP contribution in [0.2, 0.25) is 0 Å². The minimum Gasteiger partial charge on any atom is -0.393 e. The first-order valence-corrected chi connectivity index (χ1v) is 9.79. The molecule has 0 aliphatic heterocycles. The Morgan fingerprint density at radius 3 is 1.90 bits per heavy atom. The molecule has 0 aromatic rings. The van der Waals surface area contributed by atoms with E-state index in [9.17, 15) is 5.11 Å². The Bertz CT molecular complexity index is 240. The highest BCUT2D eigenvalue weighted by Gasteiger charge is 2.40. The molecule has 0 radical (unpaired) electrons. The molecule has 1 N–H and O–H groups in total. The van der Waals surface area contributed by atoms with E-state index >= 15 is 0 Å². The Labute approximate surface area is 133 Å². The van der Waals surface area contributed by atoms with Gasteiger partial charge in [0.05, 0.1) is 6.10 Å². The minimum absolute atomic E-state index is 0.0394. The van der Waals surface area contributed by atoms with Gasteiger partial charge in [0.2, 0.25) is 0 Å². The van der Waals surface area contributed by atoms with Crippen molar-refractivity contribution >= 4 is 0 Å². The molecule has 0 aromatic carbocycles. The molecule has 21 heavy (non-hydrogen) atoms. The van der Waals surface area contributed by atoms with Crippen LogP contribution in [0.3, 0.4) is 0 Å². The minimum atomic E-state index is -0.0394. The Kier molecular flexibility index (Phi) is 9.64. The maximum absolute atomic E-state index is 10.7. The summed E-state index contributed by atoms with van der Waals surface area (Å²) in [6.07, 6.45) is 18.3. The summed E-state index contributed by atoms with van der Waals surface area (Å²) in [5, 5.41) is 10.7. The van der Waals surface area contributed by atoms with Gasteiger partial charge in [-0.3, -0.25) is 0 Å². The molecule has 0 amide bonds. The predicted molar refractivity (Wildman–Crippen MR) is 93.6 cm³/mol. The Hall–Kier alpha value is -0.0400. The average Bonchev–Trinajstić information content (AvgIpc) is 2.90. The molecule has 126 valence electrons. The predicted octanol–water partition coefficient (Wildman–Crippen LogP) is 6.48. The molecule has 0 bridgehead atoms. The Balaban J connectivity index is 2.15. The zero-order valence-corrected chi connectivity index (χ0v) is 15.0. The molecule has 1 unspecified atom stereocenters. The Morgan fingerprint density at radius 1 is 0.857 bits per heavy atom. The molecule has 0 saturated heterocycles. The van der Waals surface area contributed by atoms with Crippen molar-refractivity contribution < 1.29 is 5.11 Å². The van der Waals surface area contributed by atoms with Crippen molar-refractivity contribution in [2.75, 3.05) is 0 Å². The Morgan fingerprint density at radius 2 is 1.38 bits per heavy atom. The number of unbranched alkanes of at least 4 members (excludes halogenated alkanes) is 7. The number of rotatable bonds is 12. The summed E-state index contributed by atoms with van der Waals surface area (Å²) in [6.45, 7) is 6.89. The van der Waals surface area contributed by atoms with Crippen molar-refractivity contribution in [1.29, 1.82) is 0 Å². The van der Waals surface area contributed by atoms with Gasteiger partial charge in [0.1, 0.15) is 0 Å². The molecule has 1 nitrogen and oxygen atoms in total. The molecular weight excluding hydrogens is 256 g/mol.